The molecule has 0 aliphatic carbocycles. The second-order valence-corrected chi connectivity index (χ2v) is 6.80. The average Bonchev–Trinajstić information content (AvgIpc) is 2.29. The van der Waals surface area contributed by atoms with Gasteiger partial charge in [-0.1, -0.05) is 37.3 Å². The zero-order valence-corrected chi connectivity index (χ0v) is 11.5. The van der Waals surface area contributed by atoms with Gasteiger partial charge in [0.1, 0.15) is 0 Å². The molecule has 1 aromatic rings. The van der Waals surface area contributed by atoms with Gasteiger partial charge >= 0.3 is 0 Å². The van der Waals surface area contributed by atoms with Crippen LogP contribution in [-0.2, 0) is 9.84 Å². The third-order valence-electron chi connectivity index (χ3n) is 2.78. The van der Waals surface area contributed by atoms with Crippen LogP contribution in [0.15, 0.2) is 30.3 Å². The summed E-state index contributed by atoms with van der Waals surface area (Å²) in [6.45, 7) is 5.64. The van der Waals surface area contributed by atoms with Gasteiger partial charge in [0.25, 0.3) is 0 Å². The molecule has 0 aliphatic rings. The Labute approximate surface area is 104 Å². The maximum atomic E-state index is 11.5. The molecule has 0 aliphatic heterocycles. The first-order chi connectivity index (χ1) is 7.94. The highest BCUT2D eigenvalue weighted by molar-refractivity contribution is 7.91. The van der Waals surface area contributed by atoms with E-state index in [-0.39, 0.29) is 23.6 Å². The van der Waals surface area contributed by atoms with E-state index in [4.69, 9.17) is 0 Å². The van der Waals surface area contributed by atoms with Crippen molar-refractivity contribution >= 4 is 9.84 Å². The molecule has 3 nitrogen and oxygen atoms in total. The molecule has 1 rings (SSSR count). The van der Waals surface area contributed by atoms with Crippen molar-refractivity contribution in [3.05, 3.63) is 35.9 Å². The summed E-state index contributed by atoms with van der Waals surface area (Å²) < 4.78 is 23.0. The maximum absolute atomic E-state index is 11.5. The van der Waals surface area contributed by atoms with Gasteiger partial charge in [0.15, 0.2) is 9.84 Å². The zero-order chi connectivity index (χ0) is 12.9. The second kappa shape index (κ2) is 6.17. The summed E-state index contributed by atoms with van der Waals surface area (Å²) in [5, 5.41) is 3.31. The van der Waals surface area contributed by atoms with E-state index in [0.717, 1.165) is 0 Å². The molecule has 17 heavy (non-hydrogen) atoms. The highest BCUT2D eigenvalue weighted by Crippen LogP contribution is 2.12. The molecule has 0 bridgehead atoms. The van der Waals surface area contributed by atoms with Crippen molar-refractivity contribution in [3.63, 3.8) is 0 Å². The normalized spacial score (nSPS) is 15.5. The maximum Gasteiger partial charge on any atom is 0.151 e. The van der Waals surface area contributed by atoms with Gasteiger partial charge in [0.2, 0.25) is 0 Å². The van der Waals surface area contributed by atoms with E-state index < -0.39 is 9.84 Å². The van der Waals surface area contributed by atoms with Gasteiger partial charge in [0.05, 0.1) is 5.75 Å². The summed E-state index contributed by atoms with van der Waals surface area (Å²) >= 11 is 0. The van der Waals surface area contributed by atoms with E-state index in [9.17, 15) is 8.42 Å². The minimum Gasteiger partial charge on any atom is -0.307 e. The third-order valence-corrected chi connectivity index (χ3v) is 4.67. The SMILES string of the molecule is CCS(=O)(=O)CC(C)NC(C)c1ccccc1. The zero-order valence-electron chi connectivity index (χ0n) is 10.7. The largest absolute Gasteiger partial charge is 0.307 e. The monoisotopic (exact) mass is 255 g/mol. The molecule has 1 aromatic carbocycles. The summed E-state index contributed by atoms with van der Waals surface area (Å²) in [6, 6.07) is 10.2. The van der Waals surface area contributed by atoms with Gasteiger partial charge in [-0.05, 0) is 19.4 Å². The van der Waals surface area contributed by atoms with Gasteiger partial charge in [-0.2, -0.15) is 0 Å². The van der Waals surface area contributed by atoms with Crippen LogP contribution in [0.4, 0.5) is 0 Å². The van der Waals surface area contributed by atoms with E-state index in [0.29, 0.717) is 0 Å². The molecule has 0 spiro atoms. The Morgan fingerprint density at radius 2 is 1.76 bits per heavy atom. The summed E-state index contributed by atoms with van der Waals surface area (Å²) in [4.78, 5) is 0. The van der Waals surface area contributed by atoms with E-state index in [1.165, 1.54) is 5.56 Å². The number of hydrogen-bond acceptors (Lipinski definition) is 3. The molecular weight excluding hydrogens is 234 g/mol. The van der Waals surface area contributed by atoms with Crippen molar-refractivity contribution in [1.29, 1.82) is 0 Å². The molecule has 0 radical (unpaired) electrons. The summed E-state index contributed by atoms with van der Waals surface area (Å²) in [7, 11) is -2.91. The quantitative estimate of drug-likeness (QED) is 0.847. The van der Waals surface area contributed by atoms with Crippen LogP contribution in [0.25, 0.3) is 0 Å². The van der Waals surface area contributed by atoms with E-state index in [1.54, 1.807) is 6.92 Å². The van der Waals surface area contributed by atoms with Gasteiger partial charge in [-0.15, -0.1) is 0 Å². The first kappa shape index (κ1) is 14.2. The lowest BCUT2D eigenvalue weighted by molar-refractivity contribution is 0.500. The number of hydrogen-bond donors (Lipinski definition) is 1. The number of nitrogens with one attached hydrogen (secondary N) is 1. The van der Waals surface area contributed by atoms with Gasteiger partial charge < -0.3 is 5.32 Å². The van der Waals surface area contributed by atoms with E-state index in [1.807, 2.05) is 44.2 Å². The first-order valence-corrected chi connectivity index (χ1v) is 7.78. The predicted molar refractivity (Wildman–Crippen MR) is 71.8 cm³/mol. The van der Waals surface area contributed by atoms with Gasteiger partial charge in [-0.25, -0.2) is 8.42 Å². The third kappa shape index (κ3) is 4.88. The molecule has 0 saturated heterocycles. The fraction of sp³-hybridized carbons (Fsp3) is 0.538. The molecule has 0 saturated carbocycles. The summed E-state index contributed by atoms with van der Waals surface area (Å²) in [6.07, 6.45) is 0. The van der Waals surface area contributed by atoms with Crippen LogP contribution >= 0.6 is 0 Å². The van der Waals surface area contributed by atoms with Crippen LogP contribution in [0.3, 0.4) is 0 Å². The van der Waals surface area contributed by atoms with E-state index >= 15 is 0 Å². The molecule has 2 atom stereocenters. The fourth-order valence-electron chi connectivity index (χ4n) is 1.81. The van der Waals surface area contributed by atoms with Crippen LogP contribution in [0.1, 0.15) is 32.4 Å². The molecule has 0 aromatic heterocycles. The predicted octanol–water partition coefficient (Wildman–Crippen LogP) is 2.16. The topological polar surface area (TPSA) is 46.2 Å². The lowest BCUT2D eigenvalue weighted by Crippen LogP contribution is -2.35. The Kier molecular flexibility index (Phi) is 5.15. The molecule has 0 fully saturated rings. The van der Waals surface area contributed by atoms with Crippen molar-refractivity contribution in [2.75, 3.05) is 11.5 Å². The van der Waals surface area contributed by atoms with E-state index in [2.05, 4.69) is 5.32 Å². The second-order valence-electron chi connectivity index (χ2n) is 4.40. The van der Waals surface area contributed by atoms with Crippen LogP contribution < -0.4 is 5.32 Å². The number of benzene rings is 1. The number of rotatable bonds is 6. The Bertz CT molecular complexity index is 428. The molecule has 0 amide bonds. The summed E-state index contributed by atoms with van der Waals surface area (Å²) in [5.41, 5.74) is 1.17. The van der Waals surface area contributed by atoms with Crippen molar-refractivity contribution in [2.45, 2.75) is 32.9 Å². The Morgan fingerprint density at radius 1 is 1.18 bits per heavy atom. The Balaban J connectivity index is 2.55. The first-order valence-electron chi connectivity index (χ1n) is 5.96. The highest BCUT2D eigenvalue weighted by atomic mass is 32.2. The standard InChI is InChI=1S/C13H21NO2S/c1-4-17(15,16)10-11(2)14-12(3)13-8-6-5-7-9-13/h5-9,11-12,14H,4,10H2,1-3H3. The molecule has 2 unspecified atom stereocenters. The Hall–Kier alpha value is -0.870. The molecule has 0 heterocycles. The molecule has 4 heteroatoms. The van der Waals surface area contributed by atoms with Crippen molar-refractivity contribution in [2.24, 2.45) is 0 Å². The molecule has 1 N–H and O–H groups in total. The van der Waals surface area contributed by atoms with Crippen molar-refractivity contribution in [1.82, 2.24) is 5.32 Å². The van der Waals surface area contributed by atoms with Crippen LogP contribution in [0, 0.1) is 0 Å². The fourth-order valence-corrected chi connectivity index (χ4v) is 2.91. The Morgan fingerprint density at radius 3 is 2.29 bits per heavy atom. The smallest absolute Gasteiger partial charge is 0.151 e. The van der Waals surface area contributed by atoms with Crippen LogP contribution in [-0.4, -0.2) is 26.0 Å². The van der Waals surface area contributed by atoms with Crippen LogP contribution in [0.5, 0.6) is 0 Å². The van der Waals surface area contributed by atoms with Crippen molar-refractivity contribution in [3.8, 4) is 0 Å². The minimum atomic E-state index is -2.91. The van der Waals surface area contributed by atoms with Gasteiger partial charge in [0, 0.05) is 17.8 Å². The number of sulfone groups is 1. The highest BCUT2D eigenvalue weighted by Gasteiger charge is 2.15. The molecular formula is C13H21NO2S. The lowest BCUT2D eigenvalue weighted by atomic mass is 10.1. The molecule has 96 valence electrons. The average molecular weight is 255 g/mol. The minimum absolute atomic E-state index is 0.0323. The van der Waals surface area contributed by atoms with Crippen LogP contribution in [0.2, 0.25) is 0 Å². The lowest BCUT2D eigenvalue weighted by Gasteiger charge is -2.20. The summed E-state index contributed by atoms with van der Waals surface area (Å²) in [5.74, 6) is 0.402. The van der Waals surface area contributed by atoms with Crippen molar-refractivity contribution < 1.29 is 8.42 Å². The van der Waals surface area contributed by atoms with Gasteiger partial charge in [-0.3, -0.25) is 0 Å².